The van der Waals surface area contributed by atoms with Crippen LogP contribution in [0.2, 0.25) is 0 Å². The number of carboxylic acids is 1. The minimum Gasteiger partial charge on any atom is -0.480 e. The van der Waals surface area contributed by atoms with Gasteiger partial charge in [-0.3, -0.25) is 0 Å². The Morgan fingerprint density at radius 2 is 2.00 bits per heavy atom. The molecule has 1 aliphatic heterocycles. The lowest BCUT2D eigenvalue weighted by Gasteiger charge is -2.25. The quantitative estimate of drug-likeness (QED) is 0.650. The molecule has 0 aromatic rings. The van der Waals surface area contributed by atoms with Gasteiger partial charge in [0, 0.05) is 19.5 Å². The first-order valence-corrected chi connectivity index (χ1v) is 5.66. The van der Waals surface area contributed by atoms with Crippen molar-refractivity contribution in [3.05, 3.63) is 0 Å². The van der Waals surface area contributed by atoms with E-state index in [1.807, 2.05) is 20.8 Å². The van der Waals surface area contributed by atoms with Crippen molar-refractivity contribution < 1.29 is 19.8 Å². The van der Waals surface area contributed by atoms with Gasteiger partial charge in [0.2, 0.25) is 0 Å². The van der Waals surface area contributed by atoms with Gasteiger partial charge in [-0.1, -0.05) is 20.8 Å². The van der Waals surface area contributed by atoms with Crippen LogP contribution in [0.3, 0.4) is 0 Å². The van der Waals surface area contributed by atoms with Crippen LogP contribution >= 0.6 is 0 Å². The Hall–Kier alpha value is -1.30. The third-order valence-electron chi connectivity index (χ3n) is 2.59. The zero-order chi connectivity index (χ0) is 13.2. The monoisotopic (exact) mass is 244 g/mol. The van der Waals surface area contributed by atoms with Crippen LogP contribution in [0.25, 0.3) is 0 Å². The van der Waals surface area contributed by atoms with E-state index >= 15 is 0 Å². The van der Waals surface area contributed by atoms with Crippen molar-refractivity contribution in [2.45, 2.75) is 39.3 Å². The first-order valence-electron chi connectivity index (χ1n) is 5.66. The van der Waals surface area contributed by atoms with Gasteiger partial charge >= 0.3 is 12.0 Å². The van der Waals surface area contributed by atoms with Gasteiger partial charge in [-0.05, 0) is 5.41 Å². The summed E-state index contributed by atoms with van der Waals surface area (Å²) in [6, 6.07) is -1.35. The topological polar surface area (TPSA) is 89.9 Å². The van der Waals surface area contributed by atoms with E-state index in [0.29, 0.717) is 6.54 Å². The highest BCUT2D eigenvalue weighted by Gasteiger charge is 2.39. The van der Waals surface area contributed by atoms with Crippen LogP contribution in [0, 0.1) is 5.41 Å². The van der Waals surface area contributed by atoms with Crippen LogP contribution in [0.1, 0.15) is 27.2 Å². The number of carbonyl (C=O) groups is 2. The second-order valence-corrected chi connectivity index (χ2v) is 5.62. The standard InChI is InChI=1S/C11H20N2O4/c1-11(2,3)6-12-10(17)13-5-7(14)4-8(13)9(15)16/h7-8,14H,4-6H2,1-3H3,(H,12,17)(H,15,16)/t7-,8-/m0/s1. The second-order valence-electron chi connectivity index (χ2n) is 5.62. The summed E-state index contributed by atoms with van der Waals surface area (Å²) in [5.41, 5.74) is -0.0628. The molecule has 0 aliphatic carbocycles. The summed E-state index contributed by atoms with van der Waals surface area (Å²) in [5.74, 6) is -1.08. The molecule has 0 spiro atoms. The summed E-state index contributed by atoms with van der Waals surface area (Å²) in [4.78, 5) is 23.9. The number of hydrogen-bond acceptors (Lipinski definition) is 3. The summed E-state index contributed by atoms with van der Waals surface area (Å²) in [7, 11) is 0. The molecular formula is C11H20N2O4. The third-order valence-corrected chi connectivity index (χ3v) is 2.59. The van der Waals surface area contributed by atoms with E-state index in [1.54, 1.807) is 0 Å². The highest BCUT2D eigenvalue weighted by atomic mass is 16.4. The summed E-state index contributed by atoms with van der Waals surface area (Å²) in [6.45, 7) is 6.46. The van der Waals surface area contributed by atoms with Gasteiger partial charge in [-0.2, -0.15) is 0 Å². The van der Waals surface area contributed by atoms with Gasteiger partial charge in [0.1, 0.15) is 6.04 Å². The van der Waals surface area contributed by atoms with Crippen LogP contribution < -0.4 is 5.32 Å². The number of amides is 2. The molecule has 1 saturated heterocycles. The molecule has 0 aromatic heterocycles. The molecular weight excluding hydrogens is 224 g/mol. The van der Waals surface area contributed by atoms with Crippen molar-refractivity contribution in [3.63, 3.8) is 0 Å². The minimum atomic E-state index is -1.08. The molecule has 1 aliphatic rings. The molecule has 98 valence electrons. The highest BCUT2D eigenvalue weighted by Crippen LogP contribution is 2.18. The maximum Gasteiger partial charge on any atom is 0.326 e. The van der Waals surface area contributed by atoms with Crippen molar-refractivity contribution in [1.82, 2.24) is 10.2 Å². The van der Waals surface area contributed by atoms with Gasteiger partial charge in [-0.25, -0.2) is 9.59 Å². The zero-order valence-corrected chi connectivity index (χ0v) is 10.4. The molecule has 6 nitrogen and oxygen atoms in total. The molecule has 0 bridgehead atoms. The van der Waals surface area contributed by atoms with Crippen LogP contribution in [0.4, 0.5) is 4.79 Å². The largest absolute Gasteiger partial charge is 0.480 e. The molecule has 0 radical (unpaired) electrons. The first-order chi connectivity index (χ1) is 7.70. The number of aliphatic hydroxyl groups is 1. The molecule has 1 rings (SSSR count). The van der Waals surface area contributed by atoms with Gasteiger partial charge in [0.25, 0.3) is 0 Å². The predicted octanol–water partition coefficient (Wildman–Crippen LogP) is 0.262. The smallest absolute Gasteiger partial charge is 0.326 e. The lowest BCUT2D eigenvalue weighted by Crippen LogP contribution is -2.47. The molecule has 2 amide bonds. The average Bonchev–Trinajstić information content (AvgIpc) is 2.55. The fourth-order valence-electron chi connectivity index (χ4n) is 1.71. The van der Waals surface area contributed by atoms with E-state index in [-0.39, 0.29) is 18.4 Å². The molecule has 0 unspecified atom stereocenters. The molecule has 0 saturated carbocycles. The Labute approximate surface area is 101 Å². The zero-order valence-electron chi connectivity index (χ0n) is 10.4. The van der Waals surface area contributed by atoms with Gasteiger partial charge in [0.15, 0.2) is 0 Å². The molecule has 1 heterocycles. The van der Waals surface area contributed by atoms with E-state index in [4.69, 9.17) is 5.11 Å². The Bertz CT molecular complexity index is 311. The fourth-order valence-corrected chi connectivity index (χ4v) is 1.71. The number of rotatable bonds is 2. The number of likely N-dealkylation sites (tertiary alicyclic amines) is 1. The number of nitrogens with zero attached hydrogens (tertiary/aromatic N) is 1. The maximum absolute atomic E-state index is 11.8. The number of carboxylic acid groups (broad SMARTS) is 1. The van der Waals surface area contributed by atoms with E-state index in [9.17, 15) is 14.7 Å². The number of aliphatic hydroxyl groups excluding tert-OH is 1. The van der Waals surface area contributed by atoms with Crippen molar-refractivity contribution in [2.75, 3.05) is 13.1 Å². The second kappa shape index (κ2) is 4.91. The number of nitrogens with one attached hydrogen (secondary N) is 1. The SMILES string of the molecule is CC(C)(C)CNC(=O)N1C[C@@H](O)C[C@H]1C(=O)O. The lowest BCUT2D eigenvalue weighted by molar-refractivity contribution is -0.141. The molecule has 3 N–H and O–H groups in total. The summed E-state index contributed by atoms with van der Waals surface area (Å²) >= 11 is 0. The van der Waals surface area contributed by atoms with E-state index in [1.165, 1.54) is 4.90 Å². The van der Waals surface area contributed by atoms with Crippen molar-refractivity contribution in [2.24, 2.45) is 5.41 Å². The molecule has 6 heteroatoms. The van der Waals surface area contributed by atoms with Crippen molar-refractivity contribution in [3.8, 4) is 0 Å². The number of β-amino-alcohol motifs (C(OH)–C–C–N with tert-alkyl or cyclic N) is 1. The van der Waals surface area contributed by atoms with Gasteiger partial charge < -0.3 is 20.4 Å². The number of carbonyl (C=O) groups excluding carboxylic acids is 1. The van der Waals surface area contributed by atoms with Crippen LogP contribution in [-0.2, 0) is 4.79 Å². The van der Waals surface area contributed by atoms with Crippen LogP contribution in [0.5, 0.6) is 0 Å². The Kier molecular flexibility index (Phi) is 3.98. The Balaban J connectivity index is 2.59. The van der Waals surface area contributed by atoms with E-state index < -0.39 is 24.1 Å². The Morgan fingerprint density at radius 3 is 2.47 bits per heavy atom. The number of hydrogen-bond donors (Lipinski definition) is 3. The Morgan fingerprint density at radius 1 is 1.41 bits per heavy atom. The average molecular weight is 244 g/mol. The fraction of sp³-hybridized carbons (Fsp3) is 0.818. The number of urea groups is 1. The minimum absolute atomic E-state index is 0.0628. The van der Waals surface area contributed by atoms with Crippen molar-refractivity contribution >= 4 is 12.0 Å². The summed E-state index contributed by atoms with van der Waals surface area (Å²) in [6.07, 6.45) is -0.658. The van der Waals surface area contributed by atoms with Gasteiger partial charge in [-0.15, -0.1) is 0 Å². The number of aliphatic carboxylic acids is 1. The highest BCUT2D eigenvalue weighted by molar-refractivity contribution is 5.83. The molecule has 1 fully saturated rings. The van der Waals surface area contributed by atoms with E-state index in [0.717, 1.165) is 0 Å². The summed E-state index contributed by atoms with van der Waals surface area (Å²) in [5, 5.41) is 21.0. The first kappa shape index (κ1) is 13.8. The molecule has 2 atom stereocenters. The third kappa shape index (κ3) is 3.89. The predicted molar refractivity (Wildman–Crippen MR) is 61.6 cm³/mol. The molecule has 0 aromatic carbocycles. The lowest BCUT2D eigenvalue weighted by atomic mass is 9.97. The maximum atomic E-state index is 11.8. The molecule has 17 heavy (non-hydrogen) atoms. The van der Waals surface area contributed by atoms with Crippen molar-refractivity contribution in [1.29, 1.82) is 0 Å². The summed E-state index contributed by atoms with van der Waals surface area (Å²) < 4.78 is 0. The van der Waals surface area contributed by atoms with Gasteiger partial charge in [0.05, 0.1) is 6.10 Å². The van der Waals surface area contributed by atoms with Crippen LogP contribution in [-0.4, -0.2) is 52.3 Å². The van der Waals surface area contributed by atoms with Crippen LogP contribution in [0.15, 0.2) is 0 Å². The van der Waals surface area contributed by atoms with E-state index in [2.05, 4.69) is 5.32 Å². The normalized spacial score (nSPS) is 24.8.